The average molecular weight is 217 g/mol. The van der Waals surface area contributed by atoms with Gasteiger partial charge in [0.15, 0.2) is 0 Å². The number of rotatable bonds is 2. The van der Waals surface area contributed by atoms with Gasteiger partial charge in [-0.1, -0.05) is 17.3 Å². The third-order valence-electron chi connectivity index (χ3n) is 1.90. The van der Waals surface area contributed by atoms with Gasteiger partial charge in [0.25, 0.3) is 0 Å². The number of benzene rings is 1. The van der Waals surface area contributed by atoms with Crippen LogP contribution in [0.1, 0.15) is 18.1 Å². The number of hydrogen-bond donors (Lipinski definition) is 1. The van der Waals surface area contributed by atoms with E-state index in [1.807, 2.05) is 6.07 Å². The van der Waals surface area contributed by atoms with Gasteiger partial charge in [-0.25, -0.2) is 4.79 Å². The zero-order chi connectivity index (χ0) is 12.0. The van der Waals surface area contributed by atoms with Crippen molar-refractivity contribution in [1.29, 1.82) is 5.26 Å². The highest BCUT2D eigenvalue weighted by Gasteiger charge is 2.00. The van der Waals surface area contributed by atoms with Crippen LogP contribution in [0.3, 0.4) is 0 Å². The van der Waals surface area contributed by atoms with Gasteiger partial charge in [0.05, 0.1) is 17.3 Å². The fraction of sp³-hybridized carbons (Fsp3) is 0.182. The maximum atomic E-state index is 10.8. The highest BCUT2D eigenvalue weighted by molar-refractivity contribution is 5.98. The molecule has 0 aromatic heterocycles. The molecule has 0 spiro atoms. The van der Waals surface area contributed by atoms with Crippen LogP contribution in [0.4, 0.5) is 4.79 Å². The minimum atomic E-state index is -0.618. The van der Waals surface area contributed by atoms with E-state index in [-0.39, 0.29) is 0 Å². The van der Waals surface area contributed by atoms with E-state index in [9.17, 15) is 4.79 Å². The lowest BCUT2D eigenvalue weighted by Crippen LogP contribution is -2.17. The van der Waals surface area contributed by atoms with Crippen LogP contribution in [0.15, 0.2) is 29.4 Å². The molecule has 5 nitrogen and oxygen atoms in total. The first-order valence-electron chi connectivity index (χ1n) is 4.61. The van der Waals surface area contributed by atoms with Gasteiger partial charge in [-0.3, -0.25) is 4.84 Å². The summed E-state index contributed by atoms with van der Waals surface area (Å²) in [5, 5.41) is 14.5. The molecular formula is C11H11N3O2. The first-order valence-corrected chi connectivity index (χ1v) is 4.61. The smallest absolute Gasteiger partial charge is 0.323 e. The Kier molecular flexibility index (Phi) is 4.04. The summed E-state index contributed by atoms with van der Waals surface area (Å²) in [6, 6.07) is 8.85. The Morgan fingerprint density at radius 1 is 1.44 bits per heavy atom. The summed E-state index contributed by atoms with van der Waals surface area (Å²) in [4.78, 5) is 15.3. The van der Waals surface area contributed by atoms with Crippen LogP contribution in [0.2, 0.25) is 0 Å². The van der Waals surface area contributed by atoms with Crippen molar-refractivity contribution in [1.82, 2.24) is 5.32 Å². The largest absolute Gasteiger partial charge is 0.433 e. The van der Waals surface area contributed by atoms with E-state index in [4.69, 9.17) is 5.26 Å². The fourth-order valence-electron chi connectivity index (χ4n) is 0.994. The second-order valence-corrected chi connectivity index (χ2v) is 2.99. The van der Waals surface area contributed by atoms with Gasteiger partial charge in [0.1, 0.15) is 0 Å². The lowest BCUT2D eigenvalue weighted by molar-refractivity contribution is 0.153. The van der Waals surface area contributed by atoms with Crippen molar-refractivity contribution in [3.05, 3.63) is 35.4 Å². The standard InChI is InChI=1S/C11H11N3O2/c1-8(14-16-11(15)13-2)10-5-3-9(7-12)4-6-10/h3-6H,1-2H3,(H,13,15)/b14-8+. The molecule has 0 unspecified atom stereocenters. The second-order valence-electron chi connectivity index (χ2n) is 2.99. The normalized spacial score (nSPS) is 10.4. The van der Waals surface area contributed by atoms with Crippen LogP contribution < -0.4 is 5.32 Å². The van der Waals surface area contributed by atoms with E-state index in [1.165, 1.54) is 7.05 Å². The van der Waals surface area contributed by atoms with Crippen LogP contribution in [-0.2, 0) is 4.84 Å². The molecule has 1 rings (SSSR count). The molecule has 1 aromatic rings. The average Bonchev–Trinajstić information content (AvgIpc) is 2.35. The molecule has 0 saturated carbocycles. The van der Waals surface area contributed by atoms with Crippen LogP contribution in [-0.4, -0.2) is 18.9 Å². The van der Waals surface area contributed by atoms with Gasteiger partial charge in [0, 0.05) is 7.05 Å². The molecule has 0 aliphatic rings. The van der Waals surface area contributed by atoms with Gasteiger partial charge in [-0.2, -0.15) is 5.26 Å². The number of nitrogens with zero attached hydrogens (tertiary/aromatic N) is 2. The Labute approximate surface area is 93.3 Å². The second kappa shape index (κ2) is 5.51. The van der Waals surface area contributed by atoms with Crippen LogP contribution in [0.25, 0.3) is 0 Å². The van der Waals surface area contributed by atoms with Crippen LogP contribution in [0, 0.1) is 11.3 Å². The van der Waals surface area contributed by atoms with Crippen molar-refractivity contribution in [2.45, 2.75) is 6.92 Å². The molecule has 0 saturated heterocycles. The number of oxime groups is 1. The third kappa shape index (κ3) is 3.10. The van der Waals surface area contributed by atoms with Crippen LogP contribution in [0.5, 0.6) is 0 Å². The van der Waals surface area contributed by atoms with E-state index < -0.39 is 6.09 Å². The molecule has 1 N–H and O–H groups in total. The zero-order valence-electron chi connectivity index (χ0n) is 9.02. The van der Waals surface area contributed by atoms with Gasteiger partial charge in [-0.15, -0.1) is 0 Å². The highest BCUT2D eigenvalue weighted by Crippen LogP contribution is 2.05. The van der Waals surface area contributed by atoms with Crippen LogP contribution >= 0.6 is 0 Å². The van der Waals surface area contributed by atoms with Crippen molar-refractivity contribution in [3.8, 4) is 6.07 Å². The molecule has 0 atom stereocenters. The molecule has 0 aliphatic heterocycles. The van der Waals surface area contributed by atoms with E-state index in [0.717, 1.165) is 5.56 Å². The Bertz CT molecular complexity index is 443. The Morgan fingerprint density at radius 3 is 2.56 bits per heavy atom. The summed E-state index contributed by atoms with van der Waals surface area (Å²) < 4.78 is 0. The first kappa shape index (κ1) is 11.7. The van der Waals surface area contributed by atoms with E-state index in [0.29, 0.717) is 11.3 Å². The molecule has 0 aliphatic carbocycles. The maximum Gasteiger partial charge on any atom is 0.433 e. The van der Waals surface area contributed by atoms with Crippen molar-refractivity contribution >= 4 is 11.8 Å². The molecule has 0 fully saturated rings. The lowest BCUT2D eigenvalue weighted by atomic mass is 10.1. The van der Waals surface area contributed by atoms with Crippen molar-refractivity contribution in [3.63, 3.8) is 0 Å². The maximum absolute atomic E-state index is 10.8. The van der Waals surface area contributed by atoms with Gasteiger partial charge in [-0.05, 0) is 24.6 Å². The molecule has 0 heterocycles. The van der Waals surface area contributed by atoms with Gasteiger partial charge >= 0.3 is 6.09 Å². The van der Waals surface area contributed by atoms with Gasteiger partial charge < -0.3 is 5.32 Å². The van der Waals surface area contributed by atoms with E-state index in [2.05, 4.69) is 15.3 Å². The fourth-order valence-corrected chi connectivity index (χ4v) is 0.994. The molecule has 5 heteroatoms. The molecule has 1 aromatic carbocycles. The molecule has 16 heavy (non-hydrogen) atoms. The Morgan fingerprint density at radius 2 is 2.06 bits per heavy atom. The molecule has 0 bridgehead atoms. The predicted octanol–water partition coefficient (Wildman–Crippen LogP) is 1.64. The number of hydrogen-bond acceptors (Lipinski definition) is 4. The minimum Gasteiger partial charge on any atom is -0.323 e. The number of amides is 1. The summed E-state index contributed by atoms with van der Waals surface area (Å²) >= 11 is 0. The summed E-state index contributed by atoms with van der Waals surface area (Å²) in [5.41, 5.74) is 1.93. The predicted molar refractivity (Wildman–Crippen MR) is 58.9 cm³/mol. The number of nitriles is 1. The van der Waals surface area contributed by atoms with E-state index in [1.54, 1.807) is 31.2 Å². The highest BCUT2D eigenvalue weighted by atomic mass is 16.7. The monoisotopic (exact) mass is 217 g/mol. The minimum absolute atomic E-state index is 0.563. The van der Waals surface area contributed by atoms with E-state index >= 15 is 0 Å². The number of carbonyl (C=O) groups excluding carboxylic acids is 1. The summed E-state index contributed by atoms with van der Waals surface area (Å²) in [6.45, 7) is 1.71. The van der Waals surface area contributed by atoms with Crippen molar-refractivity contribution < 1.29 is 9.63 Å². The molecule has 1 amide bonds. The molecule has 0 radical (unpaired) electrons. The van der Waals surface area contributed by atoms with Crippen molar-refractivity contribution in [2.24, 2.45) is 5.16 Å². The quantitative estimate of drug-likeness (QED) is 0.465. The third-order valence-corrected chi connectivity index (χ3v) is 1.90. The molecular weight excluding hydrogens is 206 g/mol. The topological polar surface area (TPSA) is 74.5 Å². The summed E-state index contributed by atoms with van der Waals surface area (Å²) in [5.74, 6) is 0. The lowest BCUT2D eigenvalue weighted by Gasteiger charge is -2.00. The Hall–Kier alpha value is -2.35. The summed E-state index contributed by atoms with van der Waals surface area (Å²) in [6.07, 6.45) is -0.618. The summed E-state index contributed by atoms with van der Waals surface area (Å²) in [7, 11) is 1.45. The number of carbonyl (C=O) groups is 1. The van der Waals surface area contributed by atoms with Gasteiger partial charge in [0.2, 0.25) is 0 Å². The first-order chi connectivity index (χ1) is 7.67. The van der Waals surface area contributed by atoms with Crippen molar-refractivity contribution in [2.75, 3.05) is 7.05 Å². The molecule has 82 valence electrons. The zero-order valence-corrected chi connectivity index (χ0v) is 9.02. The Balaban J connectivity index is 2.76. The SMILES string of the molecule is CNC(=O)O/N=C(\C)c1ccc(C#N)cc1. The number of nitrogens with one attached hydrogen (secondary N) is 1.